The first-order valence-corrected chi connectivity index (χ1v) is 10.7. The van der Waals surface area contributed by atoms with Crippen LogP contribution in [-0.2, 0) is 0 Å². The zero-order valence-electron chi connectivity index (χ0n) is 19.1. The van der Waals surface area contributed by atoms with Crippen LogP contribution in [0, 0.1) is 0 Å². The van der Waals surface area contributed by atoms with Gasteiger partial charge in [0.05, 0.1) is 11.3 Å². The number of anilines is 2. The monoisotopic (exact) mass is 518 g/mol. The molecule has 0 atom stereocenters. The number of hydrogen-bond acceptors (Lipinski definition) is 7. The maximum absolute atomic E-state index is 13.7. The van der Waals surface area contributed by atoms with Gasteiger partial charge in [-0.3, -0.25) is 9.79 Å². The topological polar surface area (TPSA) is 107 Å². The third-order valence-electron chi connectivity index (χ3n) is 5.15. The van der Waals surface area contributed by atoms with Crippen LogP contribution in [0.25, 0.3) is 27.8 Å². The summed E-state index contributed by atoms with van der Waals surface area (Å²) in [7, 11) is 1.56. The van der Waals surface area contributed by atoms with Crippen molar-refractivity contribution in [1.82, 2.24) is 14.8 Å². The van der Waals surface area contributed by atoms with E-state index >= 15 is 0 Å². The quantitative estimate of drug-likeness (QED) is 0.210. The maximum atomic E-state index is 13.7. The molecule has 0 spiro atoms. The van der Waals surface area contributed by atoms with E-state index in [1.54, 1.807) is 25.2 Å². The predicted molar refractivity (Wildman–Crippen MR) is 130 cm³/mol. The van der Waals surface area contributed by atoms with Gasteiger partial charge in [-0.05, 0) is 48.0 Å². The van der Waals surface area contributed by atoms with Crippen molar-refractivity contribution >= 4 is 28.8 Å². The molecular formula is C24H19F5N6O2. The molecule has 13 heteroatoms. The van der Waals surface area contributed by atoms with E-state index in [-0.39, 0.29) is 33.7 Å². The predicted octanol–water partition coefficient (Wildman–Crippen LogP) is 4.65. The molecule has 0 aliphatic rings. The van der Waals surface area contributed by atoms with Gasteiger partial charge in [-0.1, -0.05) is 12.1 Å². The second-order valence-corrected chi connectivity index (χ2v) is 7.73. The number of alkyl halides is 5. The first-order valence-electron chi connectivity index (χ1n) is 10.7. The molecule has 4 aromatic rings. The molecule has 0 radical (unpaired) electrons. The van der Waals surface area contributed by atoms with Crippen molar-refractivity contribution in [1.29, 1.82) is 0 Å². The number of nitrogens with zero attached hydrogens (tertiary/aromatic N) is 4. The third-order valence-corrected chi connectivity index (χ3v) is 5.15. The normalized spacial score (nSPS) is 12.0. The number of nitrogens with two attached hydrogens (primary N) is 1. The molecule has 0 unspecified atom stereocenters. The molecule has 37 heavy (non-hydrogen) atoms. The lowest BCUT2D eigenvalue weighted by Crippen LogP contribution is -2.24. The van der Waals surface area contributed by atoms with E-state index in [0.717, 1.165) is 4.68 Å². The Bertz CT molecular complexity index is 1520. The zero-order chi connectivity index (χ0) is 26.7. The number of halogens is 5. The largest absolute Gasteiger partial charge is 0.435 e. The first kappa shape index (κ1) is 25.5. The fraction of sp³-hybridized carbons (Fsp3) is 0.167. The van der Waals surface area contributed by atoms with E-state index in [0.29, 0.717) is 16.9 Å². The second-order valence-electron chi connectivity index (χ2n) is 7.73. The molecule has 2 aromatic carbocycles. The van der Waals surface area contributed by atoms with Crippen molar-refractivity contribution in [2.24, 2.45) is 4.99 Å². The van der Waals surface area contributed by atoms with Crippen LogP contribution in [0.5, 0.6) is 5.75 Å². The molecule has 0 saturated carbocycles. The number of rotatable bonds is 7. The van der Waals surface area contributed by atoms with Crippen LogP contribution in [0.15, 0.2) is 64.4 Å². The van der Waals surface area contributed by atoms with E-state index < -0.39 is 24.9 Å². The molecule has 0 amide bonds. The Hall–Kier alpha value is -4.55. The summed E-state index contributed by atoms with van der Waals surface area (Å²) in [6.07, 6.45) is -2.98. The summed E-state index contributed by atoms with van der Waals surface area (Å²) in [5.41, 5.74) is 7.08. The van der Waals surface area contributed by atoms with Crippen molar-refractivity contribution < 1.29 is 26.7 Å². The highest BCUT2D eigenvalue weighted by atomic mass is 19.4. The molecule has 0 fully saturated rings. The van der Waals surface area contributed by atoms with Gasteiger partial charge >= 0.3 is 12.8 Å². The van der Waals surface area contributed by atoms with Gasteiger partial charge in [-0.2, -0.15) is 31.7 Å². The minimum Gasteiger partial charge on any atom is -0.435 e. The molecule has 192 valence electrons. The summed E-state index contributed by atoms with van der Waals surface area (Å²) in [6.45, 7) is -4.38. The molecule has 0 bridgehead atoms. The minimum atomic E-state index is -4.49. The first-order chi connectivity index (χ1) is 17.6. The number of fused-ring (bicyclic) bond motifs is 1. The second kappa shape index (κ2) is 10.2. The summed E-state index contributed by atoms with van der Waals surface area (Å²) in [5.74, 6) is -0.267. The van der Waals surface area contributed by atoms with Gasteiger partial charge in [0, 0.05) is 24.5 Å². The SMILES string of the molecule is CN=Cc1cc(-n2nc3ccc(NCC(F)(F)F)nc3c(-c3ccc(OC(F)F)cc3)c2=O)ccc1N. The van der Waals surface area contributed by atoms with E-state index in [9.17, 15) is 26.7 Å². The Kier molecular flexibility index (Phi) is 7.05. The van der Waals surface area contributed by atoms with E-state index in [1.807, 2.05) is 0 Å². The van der Waals surface area contributed by atoms with Crippen molar-refractivity contribution in [3.63, 3.8) is 0 Å². The molecule has 0 saturated heterocycles. The molecule has 4 rings (SSSR count). The number of hydrogen-bond donors (Lipinski definition) is 2. The molecule has 2 heterocycles. The van der Waals surface area contributed by atoms with Gasteiger partial charge in [-0.25, -0.2) is 4.98 Å². The highest BCUT2D eigenvalue weighted by molar-refractivity contribution is 5.92. The number of aliphatic imine (C=N–C) groups is 1. The van der Waals surface area contributed by atoms with Crippen LogP contribution in [0.2, 0.25) is 0 Å². The number of nitrogens with one attached hydrogen (secondary N) is 1. The average Bonchev–Trinajstić information content (AvgIpc) is 2.84. The Morgan fingerprint density at radius 3 is 2.51 bits per heavy atom. The molecule has 2 aromatic heterocycles. The summed E-state index contributed by atoms with van der Waals surface area (Å²) in [5, 5.41) is 6.53. The minimum absolute atomic E-state index is 0.00760. The van der Waals surface area contributed by atoms with E-state index in [4.69, 9.17) is 5.73 Å². The Labute approximate surface area is 206 Å². The highest BCUT2D eigenvalue weighted by Gasteiger charge is 2.27. The molecule has 3 N–H and O–H groups in total. The number of pyridine rings is 1. The van der Waals surface area contributed by atoms with Gasteiger partial charge in [0.25, 0.3) is 5.56 Å². The summed E-state index contributed by atoms with van der Waals surface area (Å²) >= 11 is 0. The molecular weight excluding hydrogens is 499 g/mol. The fourth-order valence-corrected chi connectivity index (χ4v) is 3.55. The number of aromatic nitrogens is 3. The molecule has 8 nitrogen and oxygen atoms in total. The lowest BCUT2D eigenvalue weighted by molar-refractivity contribution is -0.115. The van der Waals surface area contributed by atoms with Gasteiger partial charge in [0.1, 0.15) is 29.1 Å². The van der Waals surface area contributed by atoms with Crippen LogP contribution in [0.4, 0.5) is 33.5 Å². The van der Waals surface area contributed by atoms with Gasteiger partial charge in [0.2, 0.25) is 0 Å². The van der Waals surface area contributed by atoms with Gasteiger partial charge in [-0.15, -0.1) is 0 Å². The fourth-order valence-electron chi connectivity index (χ4n) is 3.55. The zero-order valence-corrected chi connectivity index (χ0v) is 19.1. The van der Waals surface area contributed by atoms with Crippen LogP contribution in [-0.4, -0.2) is 47.4 Å². The van der Waals surface area contributed by atoms with Gasteiger partial charge < -0.3 is 15.8 Å². The van der Waals surface area contributed by atoms with Crippen molar-refractivity contribution in [3.8, 4) is 22.6 Å². The van der Waals surface area contributed by atoms with Crippen LogP contribution in [0.3, 0.4) is 0 Å². The van der Waals surface area contributed by atoms with Crippen molar-refractivity contribution in [3.05, 3.63) is 70.5 Å². The standard InChI is InChI=1S/C24H19F5N6O2/c1-31-11-14-10-15(4-7-17(14)30)35-22(36)20(13-2-5-16(6-3-13)37-23(25)26)21-18(34-35)8-9-19(33-21)32-12-24(27,28)29/h2-11,23H,12,30H2,1H3,(H,32,33). The van der Waals surface area contributed by atoms with Crippen molar-refractivity contribution in [2.75, 3.05) is 24.6 Å². The smallest absolute Gasteiger partial charge is 0.405 e. The van der Waals surface area contributed by atoms with Gasteiger partial charge in [0.15, 0.2) is 0 Å². The Morgan fingerprint density at radius 1 is 1.14 bits per heavy atom. The third kappa shape index (κ3) is 5.82. The Morgan fingerprint density at radius 2 is 1.86 bits per heavy atom. The molecule has 0 aliphatic carbocycles. The maximum Gasteiger partial charge on any atom is 0.405 e. The number of nitrogen functional groups attached to an aromatic ring is 1. The lowest BCUT2D eigenvalue weighted by Gasteiger charge is -2.14. The van der Waals surface area contributed by atoms with Crippen molar-refractivity contribution in [2.45, 2.75) is 12.8 Å². The number of ether oxygens (including phenoxy) is 1. The summed E-state index contributed by atoms with van der Waals surface area (Å²) in [4.78, 5) is 21.8. The van der Waals surface area contributed by atoms with Crippen LogP contribution < -0.4 is 21.3 Å². The highest BCUT2D eigenvalue weighted by Crippen LogP contribution is 2.28. The summed E-state index contributed by atoms with van der Waals surface area (Å²) in [6, 6.07) is 12.7. The van der Waals surface area contributed by atoms with E-state index in [1.165, 1.54) is 42.6 Å². The molecule has 0 aliphatic heterocycles. The Balaban J connectivity index is 1.93. The van der Waals surface area contributed by atoms with Crippen LogP contribution in [0.1, 0.15) is 5.56 Å². The van der Waals surface area contributed by atoms with Crippen LogP contribution >= 0.6 is 0 Å². The summed E-state index contributed by atoms with van der Waals surface area (Å²) < 4.78 is 68.7. The number of benzene rings is 2. The average molecular weight is 518 g/mol. The lowest BCUT2D eigenvalue weighted by atomic mass is 10.1. The van der Waals surface area contributed by atoms with E-state index in [2.05, 4.69) is 25.1 Å².